The van der Waals surface area contributed by atoms with E-state index in [1.54, 1.807) is 18.2 Å². The number of halogens is 2. The van der Waals surface area contributed by atoms with Crippen LogP contribution in [0.3, 0.4) is 0 Å². The molecule has 34 heavy (non-hydrogen) atoms. The number of rotatable bonds is 4. The van der Waals surface area contributed by atoms with Gasteiger partial charge in [0.1, 0.15) is 17.4 Å². The number of nitrogens with zero attached hydrogens (tertiary/aromatic N) is 2. The summed E-state index contributed by atoms with van der Waals surface area (Å²) in [6, 6.07) is 16.8. The summed E-state index contributed by atoms with van der Waals surface area (Å²) in [6.45, 7) is 1.91. The second kappa shape index (κ2) is 8.74. The number of anilines is 2. The van der Waals surface area contributed by atoms with E-state index in [9.17, 15) is 23.5 Å². The van der Waals surface area contributed by atoms with Gasteiger partial charge in [0.15, 0.2) is 0 Å². The Morgan fingerprint density at radius 3 is 2.09 bits per heavy atom. The number of carbonyl (C=O) groups is 2. The van der Waals surface area contributed by atoms with E-state index in [4.69, 9.17) is 0 Å². The first-order valence-corrected chi connectivity index (χ1v) is 11.1. The van der Waals surface area contributed by atoms with Crippen molar-refractivity contribution < 1.29 is 23.5 Å². The largest absolute Gasteiger partial charge is 0.507 e. The van der Waals surface area contributed by atoms with E-state index in [1.165, 1.54) is 35.2 Å². The maximum absolute atomic E-state index is 14.9. The second-order valence-corrected chi connectivity index (χ2v) is 8.41. The molecule has 172 valence electrons. The average Bonchev–Trinajstić information content (AvgIpc) is 3.47. The van der Waals surface area contributed by atoms with E-state index >= 15 is 0 Å². The highest BCUT2D eigenvalue weighted by molar-refractivity contribution is 6.51. The molecule has 0 saturated carbocycles. The van der Waals surface area contributed by atoms with Gasteiger partial charge in [0.2, 0.25) is 0 Å². The van der Waals surface area contributed by atoms with Crippen LogP contribution in [-0.4, -0.2) is 29.9 Å². The van der Waals surface area contributed by atoms with Crippen molar-refractivity contribution in [3.05, 3.63) is 101 Å². The molecule has 1 atom stereocenters. The number of aliphatic hydroxyl groups is 1. The lowest BCUT2D eigenvalue weighted by atomic mass is 9.94. The molecule has 3 aromatic carbocycles. The van der Waals surface area contributed by atoms with Crippen LogP contribution in [0.15, 0.2) is 78.4 Å². The fourth-order valence-corrected chi connectivity index (χ4v) is 4.65. The van der Waals surface area contributed by atoms with Gasteiger partial charge in [-0.3, -0.25) is 14.5 Å². The summed E-state index contributed by atoms with van der Waals surface area (Å²) in [6.07, 6.45) is 2.24. The molecule has 5 rings (SSSR count). The van der Waals surface area contributed by atoms with Gasteiger partial charge in [-0.2, -0.15) is 0 Å². The number of hydrogen-bond acceptors (Lipinski definition) is 4. The molecule has 2 aliphatic heterocycles. The van der Waals surface area contributed by atoms with Gasteiger partial charge in [-0.05, 0) is 67.4 Å². The zero-order chi connectivity index (χ0) is 23.8. The smallest absolute Gasteiger partial charge is 0.300 e. The van der Waals surface area contributed by atoms with E-state index in [0.29, 0.717) is 5.69 Å². The Bertz CT molecular complexity index is 1280. The monoisotopic (exact) mass is 460 g/mol. The highest BCUT2D eigenvalue weighted by Crippen LogP contribution is 2.43. The van der Waals surface area contributed by atoms with Crippen molar-refractivity contribution in [3.8, 4) is 0 Å². The van der Waals surface area contributed by atoms with Crippen LogP contribution in [0.4, 0.5) is 20.2 Å². The average molecular weight is 460 g/mol. The molecule has 0 aromatic heterocycles. The maximum atomic E-state index is 14.9. The fourth-order valence-electron chi connectivity index (χ4n) is 4.65. The molecule has 5 nitrogen and oxygen atoms in total. The number of carbonyl (C=O) groups excluding carboxylic acids is 2. The van der Waals surface area contributed by atoms with Crippen molar-refractivity contribution in [1.82, 2.24) is 0 Å². The van der Waals surface area contributed by atoms with Gasteiger partial charge in [-0.15, -0.1) is 0 Å². The number of aliphatic hydroxyl groups excluding tert-OH is 1. The topological polar surface area (TPSA) is 60.9 Å². The van der Waals surface area contributed by atoms with Gasteiger partial charge in [0, 0.05) is 35.6 Å². The molecule has 7 heteroatoms. The number of hydrogen-bond donors (Lipinski definition) is 1. The third kappa shape index (κ3) is 3.73. The van der Waals surface area contributed by atoms with E-state index in [2.05, 4.69) is 4.90 Å². The summed E-state index contributed by atoms with van der Waals surface area (Å²) in [5.41, 5.74) is 1.41. The third-order valence-electron chi connectivity index (χ3n) is 6.36. The van der Waals surface area contributed by atoms with E-state index < -0.39 is 35.1 Å². The molecule has 2 aliphatic rings. The number of amides is 1. The Labute approximate surface area is 195 Å². The van der Waals surface area contributed by atoms with Crippen LogP contribution < -0.4 is 9.80 Å². The normalized spacial score (nSPS) is 19.8. The first-order valence-electron chi connectivity index (χ1n) is 11.1. The Balaban J connectivity index is 1.64. The molecule has 1 N–H and O–H groups in total. The Kier molecular flexibility index (Phi) is 5.61. The number of benzene rings is 3. The van der Waals surface area contributed by atoms with Gasteiger partial charge in [0.25, 0.3) is 11.7 Å². The molecule has 1 unspecified atom stereocenters. The van der Waals surface area contributed by atoms with E-state index in [-0.39, 0.29) is 16.7 Å². The summed E-state index contributed by atoms with van der Waals surface area (Å²) < 4.78 is 28.3. The van der Waals surface area contributed by atoms with E-state index in [0.717, 1.165) is 43.8 Å². The van der Waals surface area contributed by atoms with Crippen LogP contribution in [0.5, 0.6) is 0 Å². The SMILES string of the molecule is O=C1C(=O)N(c2ccc(N3CCCC3)cc2)C(c2ccccc2F)/C1=C(\O)c1ccc(F)cc1. The first-order chi connectivity index (χ1) is 16.5. The van der Waals surface area contributed by atoms with Crippen LogP contribution in [0.25, 0.3) is 5.76 Å². The molecule has 0 bridgehead atoms. The van der Waals surface area contributed by atoms with Crippen molar-refractivity contribution in [3.63, 3.8) is 0 Å². The maximum Gasteiger partial charge on any atom is 0.300 e. The molecule has 0 radical (unpaired) electrons. The van der Waals surface area contributed by atoms with Gasteiger partial charge in [-0.25, -0.2) is 8.78 Å². The van der Waals surface area contributed by atoms with Crippen LogP contribution in [-0.2, 0) is 9.59 Å². The van der Waals surface area contributed by atoms with Gasteiger partial charge in [0.05, 0.1) is 11.6 Å². The van der Waals surface area contributed by atoms with Crippen molar-refractivity contribution >= 4 is 28.8 Å². The van der Waals surface area contributed by atoms with Crippen molar-refractivity contribution in [2.75, 3.05) is 22.9 Å². The van der Waals surface area contributed by atoms with Gasteiger partial charge >= 0.3 is 0 Å². The summed E-state index contributed by atoms with van der Waals surface area (Å²) in [5.74, 6) is -3.41. The van der Waals surface area contributed by atoms with Gasteiger partial charge in [-0.1, -0.05) is 18.2 Å². The summed E-state index contributed by atoms with van der Waals surface area (Å²) in [5, 5.41) is 11.0. The van der Waals surface area contributed by atoms with Crippen molar-refractivity contribution in [2.45, 2.75) is 18.9 Å². The predicted octanol–water partition coefficient (Wildman–Crippen LogP) is 5.19. The first kappa shape index (κ1) is 21.8. The molecule has 2 heterocycles. The molecule has 2 saturated heterocycles. The lowest BCUT2D eigenvalue weighted by Gasteiger charge is -2.26. The minimum Gasteiger partial charge on any atom is -0.507 e. The molecular formula is C27H22F2N2O3. The molecule has 0 spiro atoms. The van der Waals surface area contributed by atoms with E-state index in [1.807, 2.05) is 12.1 Å². The lowest BCUT2D eigenvalue weighted by molar-refractivity contribution is -0.132. The fraction of sp³-hybridized carbons (Fsp3) is 0.185. The minimum absolute atomic E-state index is 0.0778. The van der Waals surface area contributed by atoms with Crippen LogP contribution in [0, 0.1) is 11.6 Å². The standard InChI is InChI=1S/C27H22F2N2O3/c28-18-9-7-17(8-10-18)25(32)23-24(21-5-1-2-6-22(21)29)31(27(34)26(23)33)20-13-11-19(12-14-20)30-15-3-4-16-30/h1-2,5-14,24,32H,3-4,15-16H2/b25-23+. The minimum atomic E-state index is -1.18. The number of ketones is 1. The number of Topliss-reactive ketones (excluding diaryl/α,β-unsaturated/α-hetero) is 1. The Morgan fingerprint density at radius 1 is 0.824 bits per heavy atom. The molecule has 3 aromatic rings. The molecular weight excluding hydrogens is 438 g/mol. The summed E-state index contributed by atoms with van der Waals surface area (Å²) in [4.78, 5) is 29.8. The quantitative estimate of drug-likeness (QED) is 0.331. The lowest BCUT2D eigenvalue weighted by Crippen LogP contribution is -2.30. The van der Waals surface area contributed by atoms with Crippen molar-refractivity contribution in [1.29, 1.82) is 0 Å². The molecule has 1 amide bonds. The zero-order valence-corrected chi connectivity index (χ0v) is 18.2. The summed E-state index contributed by atoms with van der Waals surface area (Å²) >= 11 is 0. The highest BCUT2D eigenvalue weighted by atomic mass is 19.1. The molecule has 0 aliphatic carbocycles. The predicted molar refractivity (Wildman–Crippen MR) is 125 cm³/mol. The third-order valence-corrected chi connectivity index (χ3v) is 6.36. The van der Waals surface area contributed by atoms with Crippen LogP contribution >= 0.6 is 0 Å². The van der Waals surface area contributed by atoms with Gasteiger partial charge < -0.3 is 10.0 Å². The van der Waals surface area contributed by atoms with Crippen molar-refractivity contribution in [2.24, 2.45) is 0 Å². The summed E-state index contributed by atoms with van der Waals surface area (Å²) in [7, 11) is 0. The Morgan fingerprint density at radius 2 is 1.44 bits per heavy atom. The zero-order valence-electron chi connectivity index (χ0n) is 18.2. The highest BCUT2D eigenvalue weighted by Gasteiger charge is 2.47. The molecule has 2 fully saturated rings. The Hall–Kier alpha value is -4.00. The second-order valence-electron chi connectivity index (χ2n) is 8.41. The van der Waals surface area contributed by atoms with Crippen LogP contribution in [0.1, 0.15) is 30.0 Å². The van der Waals surface area contributed by atoms with Crippen LogP contribution in [0.2, 0.25) is 0 Å².